The van der Waals surface area contributed by atoms with Crippen LogP contribution in [0.25, 0.3) is 0 Å². The molecule has 0 bridgehead atoms. The van der Waals surface area contributed by atoms with Crippen molar-refractivity contribution >= 4 is 0 Å². The zero-order valence-electron chi connectivity index (χ0n) is 15.2. The molecule has 3 heteroatoms. The number of nitrogens with zero attached hydrogens (tertiary/aromatic N) is 3. The zero-order chi connectivity index (χ0) is 15.8. The molecule has 0 amide bonds. The second-order valence-electron chi connectivity index (χ2n) is 7.17. The maximum absolute atomic E-state index is 4.00. The average molecular weight is 286 g/mol. The molecule has 0 aliphatic carbocycles. The lowest BCUT2D eigenvalue weighted by molar-refractivity contribution is -0.912. The van der Waals surface area contributed by atoms with Gasteiger partial charge in [0.25, 0.3) is 0 Å². The smallest absolute Gasteiger partial charge is 0.0955 e. The van der Waals surface area contributed by atoms with Crippen LogP contribution < -0.4 is 0 Å². The van der Waals surface area contributed by atoms with Crippen LogP contribution in [-0.2, 0) is 0 Å². The highest BCUT2D eigenvalue weighted by Gasteiger charge is 2.23. The van der Waals surface area contributed by atoms with E-state index in [9.17, 15) is 0 Å². The first-order valence-electron chi connectivity index (χ1n) is 8.19. The predicted octanol–water partition coefficient (Wildman–Crippen LogP) is 2.79. The van der Waals surface area contributed by atoms with Crippen molar-refractivity contribution in [3.8, 4) is 0 Å². The fourth-order valence-electron chi connectivity index (χ4n) is 2.46. The molecule has 0 aromatic carbocycles. The summed E-state index contributed by atoms with van der Waals surface area (Å²) in [6.45, 7) is 16.8. The van der Waals surface area contributed by atoms with Gasteiger partial charge in [0, 0.05) is 13.1 Å². The standard InChI is InChI=1S/C17H39N3/c1-9-14-20(8,11-3)16-13-18(5)12-15-19(6,7)17(4)10-2/h11,17H,3,9-10,12-16H2,1-2,4-8H3/q+2. The van der Waals surface area contributed by atoms with Gasteiger partial charge in [0.2, 0.25) is 0 Å². The Morgan fingerprint density at radius 1 is 1.05 bits per heavy atom. The first-order valence-corrected chi connectivity index (χ1v) is 8.19. The second-order valence-corrected chi connectivity index (χ2v) is 7.17. The van der Waals surface area contributed by atoms with Crippen LogP contribution in [0.15, 0.2) is 12.8 Å². The Bertz CT molecular complexity index is 275. The van der Waals surface area contributed by atoms with Crippen LogP contribution in [0.3, 0.4) is 0 Å². The van der Waals surface area contributed by atoms with Crippen molar-refractivity contribution in [2.45, 2.75) is 39.7 Å². The van der Waals surface area contributed by atoms with Gasteiger partial charge in [-0.1, -0.05) is 13.8 Å². The van der Waals surface area contributed by atoms with Crippen LogP contribution in [0.5, 0.6) is 0 Å². The van der Waals surface area contributed by atoms with E-state index < -0.39 is 0 Å². The summed E-state index contributed by atoms with van der Waals surface area (Å²) in [6.07, 6.45) is 4.55. The van der Waals surface area contributed by atoms with Gasteiger partial charge in [-0.3, -0.25) is 9.38 Å². The molecule has 0 aliphatic heterocycles. The first-order chi connectivity index (χ1) is 9.20. The second kappa shape index (κ2) is 8.81. The molecule has 0 aromatic heterocycles. The predicted molar refractivity (Wildman–Crippen MR) is 90.6 cm³/mol. The third kappa shape index (κ3) is 6.87. The Morgan fingerprint density at radius 3 is 2.05 bits per heavy atom. The molecule has 0 aliphatic rings. The Kier molecular flexibility index (Phi) is 8.64. The third-order valence-corrected chi connectivity index (χ3v) is 5.01. The van der Waals surface area contributed by atoms with Gasteiger partial charge in [0.1, 0.15) is 0 Å². The summed E-state index contributed by atoms with van der Waals surface area (Å²) in [5.41, 5.74) is 0. The SMILES string of the molecule is C=C[N+](C)(CCC)CCN(C)CC[N+](C)(C)C(C)CC. The number of quaternary nitrogens is 2. The van der Waals surface area contributed by atoms with Crippen molar-refractivity contribution in [2.75, 3.05) is 60.9 Å². The minimum atomic E-state index is 0.734. The molecule has 0 radical (unpaired) electrons. The molecule has 3 nitrogen and oxygen atoms in total. The molecular weight excluding hydrogens is 246 g/mol. The van der Waals surface area contributed by atoms with Gasteiger partial charge in [-0.25, -0.2) is 0 Å². The van der Waals surface area contributed by atoms with Crippen molar-refractivity contribution in [1.82, 2.24) is 4.90 Å². The topological polar surface area (TPSA) is 3.24 Å². The van der Waals surface area contributed by atoms with Crippen LogP contribution >= 0.6 is 0 Å². The highest BCUT2D eigenvalue weighted by atomic mass is 15.4. The molecular formula is C17H39N3+2. The normalized spacial score (nSPS) is 17.0. The molecule has 20 heavy (non-hydrogen) atoms. The van der Waals surface area contributed by atoms with E-state index >= 15 is 0 Å². The fraction of sp³-hybridized carbons (Fsp3) is 0.882. The van der Waals surface area contributed by atoms with Crippen LogP contribution in [0.1, 0.15) is 33.6 Å². The molecule has 0 N–H and O–H groups in total. The first kappa shape index (κ1) is 19.6. The minimum Gasteiger partial charge on any atom is -0.325 e. The van der Waals surface area contributed by atoms with Gasteiger partial charge in [0.05, 0.1) is 53.0 Å². The van der Waals surface area contributed by atoms with Crippen molar-refractivity contribution in [3.05, 3.63) is 12.8 Å². The lowest BCUT2D eigenvalue weighted by Crippen LogP contribution is -2.51. The van der Waals surface area contributed by atoms with E-state index in [0.29, 0.717) is 0 Å². The molecule has 0 heterocycles. The summed E-state index contributed by atoms with van der Waals surface area (Å²) < 4.78 is 2.09. The van der Waals surface area contributed by atoms with E-state index in [0.717, 1.165) is 28.1 Å². The summed E-state index contributed by atoms with van der Waals surface area (Å²) in [7, 11) is 9.23. The van der Waals surface area contributed by atoms with Crippen molar-refractivity contribution < 1.29 is 8.97 Å². The number of rotatable bonds is 11. The molecule has 0 aromatic rings. The van der Waals surface area contributed by atoms with E-state index in [2.05, 4.69) is 66.6 Å². The summed E-state index contributed by atoms with van der Waals surface area (Å²) in [5.74, 6) is 0. The van der Waals surface area contributed by atoms with Gasteiger partial charge < -0.3 is 4.48 Å². The molecule has 2 unspecified atom stereocenters. The van der Waals surface area contributed by atoms with Crippen molar-refractivity contribution in [1.29, 1.82) is 0 Å². The van der Waals surface area contributed by atoms with Gasteiger partial charge in [-0.15, -0.1) is 0 Å². The van der Waals surface area contributed by atoms with Gasteiger partial charge >= 0.3 is 0 Å². The van der Waals surface area contributed by atoms with Crippen LogP contribution in [-0.4, -0.2) is 80.8 Å². The average Bonchev–Trinajstić information content (AvgIpc) is 2.42. The van der Waals surface area contributed by atoms with Gasteiger partial charge in [-0.05, 0) is 33.4 Å². The lowest BCUT2D eigenvalue weighted by atomic mass is 10.2. The Hall–Kier alpha value is -0.380. The number of hydrogen-bond donors (Lipinski definition) is 0. The molecule has 0 saturated carbocycles. The van der Waals surface area contributed by atoms with E-state index in [4.69, 9.17) is 0 Å². The van der Waals surface area contributed by atoms with Crippen LogP contribution in [0.4, 0.5) is 0 Å². The Balaban J connectivity index is 4.18. The molecule has 0 saturated heterocycles. The van der Waals surface area contributed by atoms with Crippen LogP contribution in [0, 0.1) is 0 Å². The number of likely N-dealkylation sites (N-methyl/N-ethyl adjacent to an activating group) is 3. The summed E-state index contributed by atoms with van der Waals surface area (Å²) in [6, 6.07) is 0.734. The molecule has 0 spiro atoms. The largest absolute Gasteiger partial charge is 0.325 e. The van der Waals surface area contributed by atoms with E-state index in [1.54, 1.807) is 0 Å². The Labute approximate surface area is 128 Å². The van der Waals surface area contributed by atoms with Gasteiger partial charge in [0.15, 0.2) is 0 Å². The lowest BCUT2D eigenvalue weighted by Gasteiger charge is -2.37. The zero-order valence-corrected chi connectivity index (χ0v) is 15.2. The van der Waals surface area contributed by atoms with E-state index in [1.807, 2.05) is 0 Å². The fourth-order valence-corrected chi connectivity index (χ4v) is 2.46. The summed E-state index contributed by atoms with van der Waals surface area (Å²) in [4.78, 5) is 2.47. The monoisotopic (exact) mass is 285 g/mol. The minimum absolute atomic E-state index is 0.734. The van der Waals surface area contributed by atoms with E-state index in [-0.39, 0.29) is 0 Å². The third-order valence-electron chi connectivity index (χ3n) is 5.01. The molecule has 0 rings (SSSR count). The maximum Gasteiger partial charge on any atom is 0.0955 e. The van der Waals surface area contributed by atoms with Crippen molar-refractivity contribution in [3.63, 3.8) is 0 Å². The maximum atomic E-state index is 4.00. The molecule has 120 valence electrons. The Morgan fingerprint density at radius 2 is 1.60 bits per heavy atom. The highest BCUT2D eigenvalue weighted by molar-refractivity contribution is 4.58. The molecule has 0 fully saturated rings. The van der Waals surface area contributed by atoms with Gasteiger partial charge in [-0.2, -0.15) is 0 Å². The summed E-state index contributed by atoms with van der Waals surface area (Å²) in [5, 5.41) is 0. The number of hydrogen-bond acceptors (Lipinski definition) is 1. The van der Waals surface area contributed by atoms with E-state index in [1.165, 1.54) is 32.5 Å². The summed E-state index contributed by atoms with van der Waals surface area (Å²) >= 11 is 0. The van der Waals surface area contributed by atoms with Crippen molar-refractivity contribution in [2.24, 2.45) is 0 Å². The quantitative estimate of drug-likeness (QED) is 0.528. The highest BCUT2D eigenvalue weighted by Crippen LogP contribution is 2.10. The van der Waals surface area contributed by atoms with Crippen LogP contribution in [0.2, 0.25) is 0 Å². The molecule has 2 atom stereocenters.